The zero-order chi connectivity index (χ0) is 23.2. The van der Waals surface area contributed by atoms with E-state index in [1.807, 2.05) is 61.5 Å². The molecule has 2 heterocycles. The van der Waals surface area contributed by atoms with Crippen molar-refractivity contribution in [3.8, 4) is 34.1 Å². The van der Waals surface area contributed by atoms with Crippen LogP contribution in [0.25, 0.3) is 33.6 Å². The summed E-state index contributed by atoms with van der Waals surface area (Å²) in [6, 6.07) is 17.4. The number of hydrogen-bond donors (Lipinski definition) is 1. The van der Waals surface area contributed by atoms with Crippen LogP contribution in [0.3, 0.4) is 0 Å². The highest BCUT2D eigenvalue weighted by Crippen LogP contribution is 2.43. The molecule has 1 atom stereocenters. The number of aliphatic carboxylic acids is 1. The molecule has 4 aromatic rings. The zero-order valence-electron chi connectivity index (χ0n) is 18.4. The van der Waals surface area contributed by atoms with Gasteiger partial charge in [-0.2, -0.15) is 0 Å². The van der Waals surface area contributed by atoms with Gasteiger partial charge in [-0.25, -0.2) is 9.97 Å². The van der Waals surface area contributed by atoms with Crippen LogP contribution < -0.4 is 9.47 Å². The van der Waals surface area contributed by atoms with E-state index in [1.165, 1.54) is 6.33 Å². The Kier molecular flexibility index (Phi) is 6.85. The summed E-state index contributed by atoms with van der Waals surface area (Å²) in [6.45, 7) is 2.17. The molecule has 0 fully saturated rings. The van der Waals surface area contributed by atoms with Crippen molar-refractivity contribution in [1.82, 2.24) is 9.97 Å². The molecular formula is C25H24N2O6. The second kappa shape index (κ2) is 10.1. The molecular weight excluding hydrogens is 424 g/mol. The van der Waals surface area contributed by atoms with Crippen LogP contribution in [-0.4, -0.2) is 47.5 Å². The molecule has 0 aliphatic heterocycles. The van der Waals surface area contributed by atoms with E-state index in [9.17, 15) is 4.79 Å². The number of furan rings is 1. The number of nitrogens with zero attached hydrogens (tertiary/aromatic N) is 2. The van der Waals surface area contributed by atoms with Crippen LogP contribution in [0.2, 0.25) is 0 Å². The third kappa shape index (κ3) is 5.12. The van der Waals surface area contributed by atoms with Gasteiger partial charge in [-0.05, 0) is 24.6 Å². The van der Waals surface area contributed by atoms with E-state index in [0.29, 0.717) is 22.7 Å². The molecule has 0 bridgehead atoms. The van der Waals surface area contributed by atoms with Crippen LogP contribution in [0.5, 0.6) is 11.6 Å². The lowest BCUT2D eigenvalue weighted by atomic mass is 9.99. The van der Waals surface area contributed by atoms with Gasteiger partial charge in [0, 0.05) is 11.1 Å². The molecule has 0 spiro atoms. The number of aromatic nitrogens is 2. The number of hydrogen-bond acceptors (Lipinski definition) is 7. The van der Waals surface area contributed by atoms with Gasteiger partial charge in [-0.15, -0.1) is 0 Å². The summed E-state index contributed by atoms with van der Waals surface area (Å²) in [5, 5.41) is 9.41. The Morgan fingerprint density at radius 3 is 2.52 bits per heavy atom. The number of carboxylic acids is 1. The van der Waals surface area contributed by atoms with E-state index in [1.54, 1.807) is 7.11 Å². The molecule has 8 nitrogen and oxygen atoms in total. The Morgan fingerprint density at radius 1 is 1.06 bits per heavy atom. The smallest absolute Gasteiger partial charge is 0.305 e. The lowest BCUT2D eigenvalue weighted by Crippen LogP contribution is -2.20. The summed E-state index contributed by atoms with van der Waals surface area (Å²) in [5.74, 6) is 0.863. The molecule has 1 N–H and O–H groups in total. The second-order valence-electron chi connectivity index (χ2n) is 7.41. The number of carboxylic acid groups (broad SMARTS) is 1. The van der Waals surface area contributed by atoms with Gasteiger partial charge in [-0.3, -0.25) is 4.79 Å². The van der Waals surface area contributed by atoms with E-state index < -0.39 is 5.97 Å². The SMILES string of the molecule is COc1ccc(-c2c(-c3ccccc3)oc3ncnc(O[C@H](C)COCCC(=O)O)c23)cc1. The van der Waals surface area contributed by atoms with Crippen molar-refractivity contribution in [2.24, 2.45) is 0 Å². The average molecular weight is 448 g/mol. The molecule has 2 aromatic heterocycles. The first kappa shape index (κ1) is 22.3. The Labute approximate surface area is 190 Å². The van der Waals surface area contributed by atoms with Gasteiger partial charge in [0.25, 0.3) is 0 Å². The highest BCUT2D eigenvalue weighted by atomic mass is 16.5. The molecule has 0 saturated carbocycles. The van der Waals surface area contributed by atoms with E-state index in [2.05, 4.69) is 9.97 Å². The third-order valence-corrected chi connectivity index (χ3v) is 4.99. The minimum Gasteiger partial charge on any atom is -0.497 e. The molecule has 4 rings (SSSR count). The number of fused-ring (bicyclic) bond motifs is 1. The molecule has 2 aromatic carbocycles. The fourth-order valence-corrected chi connectivity index (χ4v) is 3.46. The molecule has 0 saturated heterocycles. The first-order valence-corrected chi connectivity index (χ1v) is 10.5. The topological polar surface area (TPSA) is 104 Å². The van der Waals surface area contributed by atoms with Gasteiger partial charge < -0.3 is 23.7 Å². The fraction of sp³-hybridized carbons (Fsp3) is 0.240. The highest BCUT2D eigenvalue weighted by Gasteiger charge is 2.24. The molecule has 0 aliphatic rings. The molecule has 0 unspecified atom stereocenters. The van der Waals surface area contributed by atoms with Gasteiger partial charge in [0.15, 0.2) is 0 Å². The van der Waals surface area contributed by atoms with Gasteiger partial charge in [0.05, 0.1) is 26.7 Å². The predicted octanol–water partition coefficient (Wildman–Crippen LogP) is 4.82. The van der Waals surface area contributed by atoms with Crippen molar-refractivity contribution in [2.45, 2.75) is 19.4 Å². The average Bonchev–Trinajstić information content (AvgIpc) is 3.23. The number of ether oxygens (including phenoxy) is 3. The van der Waals surface area contributed by atoms with Crippen molar-refractivity contribution < 1.29 is 28.5 Å². The predicted molar refractivity (Wildman–Crippen MR) is 122 cm³/mol. The summed E-state index contributed by atoms with van der Waals surface area (Å²) in [4.78, 5) is 19.4. The number of methoxy groups -OCH3 is 1. The largest absolute Gasteiger partial charge is 0.497 e. The normalized spacial score (nSPS) is 11.9. The van der Waals surface area contributed by atoms with Crippen LogP contribution in [0.15, 0.2) is 65.3 Å². The van der Waals surface area contributed by atoms with Crippen LogP contribution in [-0.2, 0) is 9.53 Å². The Bertz CT molecular complexity index is 1220. The lowest BCUT2D eigenvalue weighted by Gasteiger charge is -2.15. The van der Waals surface area contributed by atoms with Crippen LogP contribution in [0.1, 0.15) is 13.3 Å². The molecule has 8 heteroatoms. The Hall–Kier alpha value is -3.91. The van der Waals surface area contributed by atoms with Crippen molar-refractivity contribution in [1.29, 1.82) is 0 Å². The summed E-state index contributed by atoms with van der Waals surface area (Å²) < 4.78 is 23.0. The minimum atomic E-state index is -0.906. The molecule has 0 aliphatic carbocycles. The third-order valence-electron chi connectivity index (χ3n) is 4.99. The first-order chi connectivity index (χ1) is 16.1. The van der Waals surface area contributed by atoms with E-state index in [-0.39, 0.29) is 25.7 Å². The maximum absolute atomic E-state index is 10.7. The fourth-order valence-electron chi connectivity index (χ4n) is 3.46. The summed E-state index contributed by atoms with van der Waals surface area (Å²) in [6.07, 6.45) is 0.968. The summed E-state index contributed by atoms with van der Waals surface area (Å²) >= 11 is 0. The molecule has 0 amide bonds. The lowest BCUT2D eigenvalue weighted by molar-refractivity contribution is -0.138. The van der Waals surface area contributed by atoms with Gasteiger partial charge in [0.2, 0.25) is 11.6 Å². The quantitative estimate of drug-likeness (QED) is 0.344. The van der Waals surface area contributed by atoms with Crippen molar-refractivity contribution in [2.75, 3.05) is 20.3 Å². The van der Waals surface area contributed by atoms with Gasteiger partial charge in [-0.1, -0.05) is 42.5 Å². The number of benzene rings is 2. The zero-order valence-corrected chi connectivity index (χ0v) is 18.4. The standard InChI is InChI=1S/C25H24N2O6/c1-16(14-31-13-12-20(28)29)32-24-22-21(17-8-10-19(30-2)11-9-17)23(18-6-4-3-5-7-18)33-25(22)27-15-26-24/h3-11,15-16H,12-14H2,1-2H3,(H,28,29)/t16-/m1/s1. The molecule has 0 radical (unpaired) electrons. The Balaban J connectivity index is 1.74. The minimum absolute atomic E-state index is 0.0613. The van der Waals surface area contributed by atoms with Gasteiger partial charge in [0.1, 0.15) is 29.3 Å². The van der Waals surface area contributed by atoms with E-state index in [4.69, 9.17) is 23.7 Å². The molecule has 33 heavy (non-hydrogen) atoms. The summed E-state index contributed by atoms with van der Waals surface area (Å²) in [7, 11) is 1.62. The van der Waals surface area contributed by atoms with E-state index in [0.717, 1.165) is 22.4 Å². The highest BCUT2D eigenvalue weighted by molar-refractivity contribution is 6.03. The van der Waals surface area contributed by atoms with Crippen molar-refractivity contribution in [3.63, 3.8) is 0 Å². The van der Waals surface area contributed by atoms with E-state index >= 15 is 0 Å². The maximum atomic E-state index is 10.7. The van der Waals surface area contributed by atoms with Crippen LogP contribution >= 0.6 is 0 Å². The van der Waals surface area contributed by atoms with Crippen LogP contribution in [0, 0.1) is 0 Å². The monoisotopic (exact) mass is 448 g/mol. The number of rotatable bonds is 10. The van der Waals surface area contributed by atoms with Crippen molar-refractivity contribution in [3.05, 3.63) is 60.9 Å². The van der Waals surface area contributed by atoms with Crippen molar-refractivity contribution >= 4 is 17.1 Å². The first-order valence-electron chi connectivity index (χ1n) is 10.5. The number of carbonyl (C=O) groups is 1. The molecule has 170 valence electrons. The Morgan fingerprint density at radius 2 is 1.82 bits per heavy atom. The van der Waals surface area contributed by atoms with Crippen LogP contribution in [0.4, 0.5) is 0 Å². The van der Waals surface area contributed by atoms with Gasteiger partial charge >= 0.3 is 5.97 Å². The maximum Gasteiger partial charge on any atom is 0.305 e. The second-order valence-corrected chi connectivity index (χ2v) is 7.41. The summed E-state index contributed by atoms with van der Waals surface area (Å²) in [5.41, 5.74) is 3.02.